The van der Waals surface area contributed by atoms with E-state index in [0.717, 1.165) is 12.8 Å². The van der Waals surface area contributed by atoms with Gasteiger partial charge in [0.25, 0.3) is 0 Å². The minimum absolute atomic E-state index is 0.0515. The van der Waals surface area contributed by atoms with Crippen molar-refractivity contribution in [1.82, 2.24) is 5.32 Å². The third kappa shape index (κ3) is 6.11. The van der Waals surface area contributed by atoms with Crippen LogP contribution < -0.4 is 11.1 Å². The Balaban J connectivity index is 2.21. The van der Waals surface area contributed by atoms with Gasteiger partial charge < -0.3 is 11.1 Å². The Kier molecular flexibility index (Phi) is 6.79. The normalized spacial score (nSPS) is 25.2. The van der Waals surface area contributed by atoms with Crippen LogP contribution in [0.3, 0.4) is 0 Å². The highest BCUT2D eigenvalue weighted by Gasteiger charge is 2.41. The maximum Gasteiger partial charge on any atom is 0.391 e. The van der Waals surface area contributed by atoms with E-state index in [2.05, 4.69) is 12.2 Å². The van der Waals surface area contributed by atoms with Crippen molar-refractivity contribution in [2.24, 2.45) is 17.6 Å². The van der Waals surface area contributed by atoms with Gasteiger partial charge in [0.15, 0.2) is 0 Å². The number of alkyl halides is 3. The number of carbonyl (C=O) groups excluding carboxylic acids is 1. The number of halogens is 3. The highest BCUT2D eigenvalue weighted by Crippen LogP contribution is 2.37. The second kappa shape index (κ2) is 7.86. The maximum atomic E-state index is 12.5. The number of rotatable bonds is 6. The molecule has 6 heteroatoms. The molecule has 1 fully saturated rings. The van der Waals surface area contributed by atoms with Crippen molar-refractivity contribution in [1.29, 1.82) is 0 Å². The minimum atomic E-state index is -4.09. The van der Waals surface area contributed by atoms with E-state index >= 15 is 0 Å². The Morgan fingerprint density at radius 2 is 1.85 bits per heavy atom. The summed E-state index contributed by atoms with van der Waals surface area (Å²) in [6.07, 6.45) is -0.892. The molecule has 3 nitrogen and oxygen atoms in total. The van der Waals surface area contributed by atoms with E-state index in [9.17, 15) is 18.0 Å². The summed E-state index contributed by atoms with van der Waals surface area (Å²) in [4.78, 5) is 11.7. The molecule has 0 spiro atoms. The summed E-state index contributed by atoms with van der Waals surface area (Å²) < 4.78 is 37.5. The van der Waals surface area contributed by atoms with Crippen LogP contribution in [0.5, 0.6) is 0 Å². The standard InChI is InChI=1S/C14H25F3N2O/c1-10(8-9-18)2-7-13(20)19-12-5-3-11(4-6-12)14(15,16)17/h10-12H,2-9,18H2,1H3,(H,19,20). The fourth-order valence-corrected chi connectivity index (χ4v) is 2.67. The molecular formula is C14H25F3N2O. The summed E-state index contributed by atoms with van der Waals surface area (Å²) in [6.45, 7) is 2.67. The first-order valence-corrected chi connectivity index (χ1v) is 7.39. The van der Waals surface area contributed by atoms with Crippen LogP contribution in [0.1, 0.15) is 51.9 Å². The van der Waals surface area contributed by atoms with Crippen molar-refractivity contribution in [3.63, 3.8) is 0 Å². The average molecular weight is 294 g/mol. The first-order chi connectivity index (χ1) is 9.32. The van der Waals surface area contributed by atoms with Crippen LogP contribution in [-0.4, -0.2) is 24.7 Å². The summed E-state index contributed by atoms with van der Waals surface area (Å²) >= 11 is 0. The van der Waals surface area contributed by atoms with E-state index < -0.39 is 12.1 Å². The van der Waals surface area contributed by atoms with E-state index in [-0.39, 0.29) is 24.8 Å². The van der Waals surface area contributed by atoms with Gasteiger partial charge in [-0.15, -0.1) is 0 Å². The molecule has 0 aromatic rings. The predicted molar refractivity (Wildman–Crippen MR) is 72.0 cm³/mol. The second-order valence-corrected chi connectivity index (χ2v) is 5.88. The molecule has 0 radical (unpaired) electrons. The number of hydrogen-bond donors (Lipinski definition) is 2. The SMILES string of the molecule is CC(CCN)CCC(=O)NC1CCC(C(F)(F)F)CC1. The Hall–Kier alpha value is -0.780. The maximum absolute atomic E-state index is 12.5. The Morgan fingerprint density at radius 3 is 2.35 bits per heavy atom. The van der Waals surface area contributed by atoms with E-state index in [1.165, 1.54) is 0 Å². The van der Waals surface area contributed by atoms with Crippen LogP contribution in [0.4, 0.5) is 13.2 Å². The quantitative estimate of drug-likeness (QED) is 0.791. The van der Waals surface area contributed by atoms with Gasteiger partial charge in [0.2, 0.25) is 5.91 Å². The van der Waals surface area contributed by atoms with E-state index in [1.807, 2.05) is 0 Å². The first-order valence-electron chi connectivity index (χ1n) is 7.39. The van der Waals surface area contributed by atoms with Crippen LogP contribution in [0.25, 0.3) is 0 Å². The topological polar surface area (TPSA) is 55.1 Å². The molecule has 1 aliphatic carbocycles. The molecule has 1 atom stereocenters. The van der Waals surface area contributed by atoms with E-state index in [0.29, 0.717) is 31.7 Å². The summed E-state index contributed by atoms with van der Waals surface area (Å²) in [5, 5.41) is 2.85. The fraction of sp³-hybridized carbons (Fsp3) is 0.929. The molecule has 0 aromatic heterocycles. The second-order valence-electron chi connectivity index (χ2n) is 5.88. The Labute approximate surface area is 118 Å². The number of amides is 1. The lowest BCUT2D eigenvalue weighted by molar-refractivity contribution is -0.182. The lowest BCUT2D eigenvalue weighted by Crippen LogP contribution is -2.40. The van der Waals surface area contributed by atoms with Crippen molar-refractivity contribution in [3.05, 3.63) is 0 Å². The summed E-state index contributed by atoms with van der Waals surface area (Å²) in [6, 6.07) is -0.0917. The number of nitrogens with one attached hydrogen (secondary N) is 1. The van der Waals surface area contributed by atoms with Gasteiger partial charge in [-0.05, 0) is 51.0 Å². The minimum Gasteiger partial charge on any atom is -0.353 e. The molecule has 1 saturated carbocycles. The molecule has 1 amide bonds. The molecule has 1 aliphatic rings. The van der Waals surface area contributed by atoms with Gasteiger partial charge in [-0.2, -0.15) is 13.2 Å². The largest absolute Gasteiger partial charge is 0.391 e. The zero-order valence-electron chi connectivity index (χ0n) is 12.0. The summed E-state index contributed by atoms with van der Waals surface area (Å²) in [5.74, 6) is -0.837. The van der Waals surface area contributed by atoms with Crippen molar-refractivity contribution in [2.75, 3.05) is 6.54 Å². The van der Waals surface area contributed by atoms with Gasteiger partial charge in [-0.3, -0.25) is 4.79 Å². The smallest absolute Gasteiger partial charge is 0.353 e. The molecule has 0 aliphatic heterocycles. The average Bonchev–Trinajstić information content (AvgIpc) is 2.36. The van der Waals surface area contributed by atoms with Gasteiger partial charge >= 0.3 is 6.18 Å². The molecule has 118 valence electrons. The summed E-state index contributed by atoms with van der Waals surface area (Å²) in [7, 11) is 0. The van der Waals surface area contributed by atoms with Crippen molar-refractivity contribution >= 4 is 5.91 Å². The van der Waals surface area contributed by atoms with Gasteiger partial charge in [-0.25, -0.2) is 0 Å². The zero-order valence-corrected chi connectivity index (χ0v) is 12.0. The summed E-state index contributed by atoms with van der Waals surface area (Å²) in [5.41, 5.74) is 5.44. The molecule has 0 aromatic carbocycles. The Morgan fingerprint density at radius 1 is 1.25 bits per heavy atom. The molecule has 0 bridgehead atoms. The van der Waals surface area contributed by atoms with Gasteiger partial charge in [0, 0.05) is 12.5 Å². The third-order valence-corrected chi connectivity index (χ3v) is 4.08. The van der Waals surface area contributed by atoms with Gasteiger partial charge in [-0.1, -0.05) is 6.92 Å². The monoisotopic (exact) mass is 294 g/mol. The zero-order chi connectivity index (χ0) is 15.2. The van der Waals surface area contributed by atoms with Crippen LogP contribution in [0.2, 0.25) is 0 Å². The fourth-order valence-electron chi connectivity index (χ4n) is 2.67. The number of hydrogen-bond acceptors (Lipinski definition) is 2. The molecule has 1 rings (SSSR count). The molecular weight excluding hydrogens is 269 g/mol. The Bertz CT molecular complexity index is 299. The lowest BCUT2D eigenvalue weighted by atomic mass is 9.85. The molecule has 3 N–H and O–H groups in total. The van der Waals surface area contributed by atoms with Gasteiger partial charge in [0.1, 0.15) is 0 Å². The number of carbonyl (C=O) groups is 1. The molecule has 20 heavy (non-hydrogen) atoms. The van der Waals surface area contributed by atoms with E-state index in [4.69, 9.17) is 5.73 Å². The highest BCUT2D eigenvalue weighted by molar-refractivity contribution is 5.76. The van der Waals surface area contributed by atoms with Crippen LogP contribution in [0.15, 0.2) is 0 Å². The molecule has 1 unspecified atom stereocenters. The number of nitrogens with two attached hydrogens (primary N) is 1. The predicted octanol–water partition coefficient (Wildman–Crippen LogP) is 2.99. The highest BCUT2D eigenvalue weighted by atomic mass is 19.4. The van der Waals surface area contributed by atoms with Gasteiger partial charge in [0.05, 0.1) is 5.92 Å². The van der Waals surface area contributed by atoms with Crippen molar-refractivity contribution < 1.29 is 18.0 Å². The molecule has 0 saturated heterocycles. The van der Waals surface area contributed by atoms with Crippen LogP contribution in [0, 0.1) is 11.8 Å². The lowest BCUT2D eigenvalue weighted by Gasteiger charge is -2.30. The third-order valence-electron chi connectivity index (χ3n) is 4.08. The first kappa shape index (κ1) is 17.3. The molecule has 0 heterocycles. The van der Waals surface area contributed by atoms with Crippen LogP contribution in [-0.2, 0) is 4.79 Å². The van der Waals surface area contributed by atoms with Crippen molar-refractivity contribution in [2.45, 2.75) is 64.1 Å². The van der Waals surface area contributed by atoms with Crippen molar-refractivity contribution in [3.8, 4) is 0 Å². The van der Waals surface area contributed by atoms with Crippen LogP contribution >= 0.6 is 0 Å². The van der Waals surface area contributed by atoms with E-state index in [1.54, 1.807) is 0 Å².